The largest absolute Gasteiger partial charge is 0.486 e. The van der Waals surface area contributed by atoms with Gasteiger partial charge in [-0.05, 0) is 68.8 Å². The van der Waals surface area contributed by atoms with Crippen molar-refractivity contribution in [3.8, 4) is 11.5 Å². The minimum atomic E-state index is -0.575. The second kappa shape index (κ2) is 11.1. The van der Waals surface area contributed by atoms with Crippen molar-refractivity contribution in [2.24, 2.45) is 0 Å². The lowest BCUT2D eigenvalue weighted by Gasteiger charge is -2.39. The molecule has 5 rings (SSSR count). The first-order chi connectivity index (χ1) is 18.3. The molecule has 3 heterocycles. The molecule has 0 atom stereocenters. The average molecular weight is 520 g/mol. The van der Waals surface area contributed by atoms with Crippen molar-refractivity contribution >= 4 is 17.0 Å². The molecule has 2 aromatic carbocycles. The van der Waals surface area contributed by atoms with Gasteiger partial charge in [0, 0.05) is 44.8 Å². The second-order valence-electron chi connectivity index (χ2n) is 11.0. The van der Waals surface area contributed by atoms with E-state index >= 15 is 0 Å². The van der Waals surface area contributed by atoms with E-state index in [-0.39, 0.29) is 17.7 Å². The summed E-state index contributed by atoms with van der Waals surface area (Å²) in [5.74, 6) is 1.46. The molecule has 0 bridgehead atoms. The van der Waals surface area contributed by atoms with Gasteiger partial charge in [0.15, 0.2) is 11.5 Å². The number of rotatable bonds is 6. The van der Waals surface area contributed by atoms with Crippen molar-refractivity contribution in [3.63, 3.8) is 0 Å². The summed E-state index contributed by atoms with van der Waals surface area (Å²) in [6, 6.07) is 17.4. The highest BCUT2D eigenvalue weighted by molar-refractivity contribution is 5.78. The Bertz CT molecular complexity index is 1340. The number of hydrogen-bond donors (Lipinski definition) is 0. The molecule has 1 fully saturated rings. The topological polar surface area (TPSA) is 73.2 Å². The molecule has 8 nitrogen and oxygen atoms in total. The second-order valence-corrected chi connectivity index (χ2v) is 11.0. The Morgan fingerprint density at radius 2 is 1.71 bits per heavy atom. The Morgan fingerprint density at radius 3 is 2.47 bits per heavy atom. The number of carbonyl (C=O) groups excluding carboxylic acids is 1. The van der Waals surface area contributed by atoms with Gasteiger partial charge in [0.1, 0.15) is 18.8 Å². The number of para-hydroxylation sites is 1. The molecule has 0 saturated carbocycles. The van der Waals surface area contributed by atoms with Crippen LogP contribution in [0.1, 0.15) is 39.2 Å². The fraction of sp³-hybridized carbons (Fsp3) is 0.467. The third-order valence-electron chi connectivity index (χ3n) is 7.12. The highest BCUT2D eigenvalue weighted by Crippen LogP contribution is 2.32. The zero-order valence-electron chi connectivity index (χ0n) is 22.5. The predicted molar refractivity (Wildman–Crippen MR) is 147 cm³/mol. The monoisotopic (exact) mass is 519 g/mol. The quantitative estimate of drug-likeness (QED) is 0.471. The maximum atomic E-state index is 13.3. The standard InChI is InChI=1S/C30H37N3O5/c1-30(2,3)38-29(35)33(21-22-8-10-26-27(20-22)37-19-18-36-26)24-12-14-31(15-13-24)16-17-32-25-7-5-4-6-23(25)9-11-28(32)34/h4-11,20,24H,12-19,21H2,1-3H3. The first-order valence-electron chi connectivity index (χ1n) is 13.5. The van der Waals surface area contributed by atoms with E-state index in [9.17, 15) is 9.59 Å². The summed E-state index contributed by atoms with van der Waals surface area (Å²) in [5.41, 5.74) is 1.39. The van der Waals surface area contributed by atoms with Gasteiger partial charge in [0.2, 0.25) is 0 Å². The van der Waals surface area contributed by atoms with Gasteiger partial charge in [-0.3, -0.25) is 4.79 Å². The van der Waals surface area contributed by atoms with Gasteiger partial charge in [-0.15, -0.1) is 0 Å². The molecule has 1 saturated heterocycles. The van der Waals surface area contributed by atoms with Crippen LogP contribution >= 0.6 is 0 Å². The number of nitrogens with zero attached hydrogens (tertiary/aromatic N) is 3. The van der Waals surface area contributed by atoms with E-state index in [1.807, 2.05) is 78.8 Å². The summed E-state index contributed by atoms with van der Waals surface area (Å²) in [4.78, 5) is 30.1. The van der Waals surface area contributed by atoms with E-state index in [2.05, 4.69) is 4.90 Å². The van der Waals surface area contributed by atoms with Crippen LogP contribution in [0.5, 0.6) is 11.5 Å². The zero-order valence-corrected chi connectivity index (χ0v) is 22.5. The molecule has 0 aliphatic carbocycles. The molecule has 202 valence electrons. The lowest BCUT2D eigenvalue weighted by molar-refractivity contribution is 0.00562. The zero-order chi connectivity index (χ0) is 26.7. The van der Waals surface area contributed by atoms with Crippen molar-refractivity contribution in [1.29, 1.82) is 0 Å². The van der Waals surface area contributed by atoms with Gasteiger partial charge in [-0.25, -0.2) is 4.79 Å². The summed E-state index contributed by atoms with van der Waals surface area (Å²) in [5, 5.41) is 1.07. The smallest absolute Gasteiger partial charge is 0.410 e. The lowest BCUT2D eigenvalue weighted by Crippen LogP contribution is -2.49. The Balaban J connectivity index is 1.25. The van der Waals surface area contributed by atoms with E-state index in [0.29, 0.717) is 26.3 Å². The van der Waals surface area contributed by atoms with Crippen LogP contribution in [0.2, 0.25) is 0 Å². The molecular formula is C30H37N3O5. The highest BCUT2D eigenvalue weighted by atomic mass is 16.6. The van der Waals surface area contributed by atoms with E-state index in [4.69, 9.17) is 14.2 Å². The maximum Gasteiger partial charge on any atom is 0.410 e. The highest BCUT2D eigenvalue weighted by Gasteiger charge is 2.31. The van der Waals surface area contributed by atoms with Gasteiger partial charge in [-0.2, -0.15) is 0 Å². The molecule has 1 amide bonds. The van der Waals surface area contributed by atoms with Crippen molar-refractivity contribution in [2.45, 2.75) is 58.3 Å². The van der Waals surface area contributed by atoms with Crippen LogP contribution in [-0.2, 0) is 17.8 Å². The number of ether oxygens (including phenoxy) is 3. The Morgan fingerprint density at radius 1 is 0.974 bits per heavy atom. The van der Waals surface area contributed by atoms with Gasteiger partial charge < -0.3 is 28.6 Å². The summed E-state index contributed by atoms with van der Waals surface area (Å²) >= 11 is 0. The first-order valence-corrected chi connectivity index (χ1v) is 13.5. The average Bonchev–Trinajstić information content (AvgIpc) is 2.90. The fourth-order valence-corrected chi connectivity index (χ4v) is 5.22. The number of piperidine rings is 1. The number of hydrogen-bond acceptors (Lipinski definition) is 6. The molecule has 38 heavy (non-hydrogen) atoms. The Kier molecular flexibility index (Phi) is 7.61. The Hall–Kier alpha value is -3.52. The molecule has 0 radical (unpaired) electrons. The van der Waals surface area contributed by atoms with Crippen LogP contribution < -0.4 is 15.0 Å². The third kappa shape index (κ3) is 6.13. The van der Waals surface area contributed by atoms with Crippen molar-refractivity contribution in [2.75, 3.05) is 32.8 Å². The number of amides is 1. The molecule has 0 N–H and O–H groups in total. The molecule has 2 aliphatic rings. The number of aromatic nitrogens is 1. The molecular weight excluding hydrogens is 482 g/mol. The number of pyridine rings is 1. The maximum absolute atomic E-state index is 13.3. The van der Waals surface area contributed by atoms with E-state index in [0.717, 1.165) is 60.4 Å². The van der Waals surface area contributed by atoms with Crippen LogP contribution in [-0.4, -0.2) is 65.0 Å². The number of likely N-dealkylation sites (tertiary alicyclic amines) is 1. The van der Waals surface area contributed by atoms with Crippen LogP contribution in [0.3, 0.4) is 0 Å². The van der Waals surface area contributed by atoms with Crippen molar-refractivity contribution in [1.82, 2.24) is 14.4 Å². The summed E-state index contributed by atoms with van der Waals surface area (Å²) in [6.45, 7) is 10.3. The fourth-order valence-electron chi connectivity index (χ4n) is 5.22. The van der Waals surface area contributed by atoms with Gasteiger partial charge in [-0.1, -0.05) is 24.3 Å². The summed E-state index contributed by atoms with van der Waals surface area (Å²) < 4.78 is 19.1. The minimum Gasteiger partial charge on any atom is -0.486 e. The third-order valence-corrected chi connectivity index (χ3v) is 7.12. The molecule has 2 aliphatic heterocycles. The number of fused-ring (bicyclic) bond motifs is 2. The molecule has 8 heteroatoms. The van der Waals surface area contributed by atoms with Crippen molar-refractivity contribution < 1.29 is 19.0 Å². The van der Waals surface area contributed by atoms with E-state index in [1.54, 1.807) is 6.07 Å². The SMILES string of the molecule is CC(C)(C)OC(=O)N(Cc1ccc2c(c1)OCCO2)C1CCN(CCn2c(=O)ccc3ccccc32)CC1. The summed E-state index contributed by atoms with van der Waals surface area (Å²) in [6.07, 6.45) is 1.38. The lowest BCUT2D eigenvalue weighted by atomic mass is 10.0. The van der Waals surface area contributed by atoms with Crippen LogP contribution in [0, 0.1) is 0 Å². The van der Waals surface area contributed by atoms with Crippen LogP contribution in [0.15, 0.2) is 59.4 Å². The minimum absolute atomic E-state index is 0.0223. The van der Waals surface area contributed by atoms with Crippen LogP contribution in [0.25, 0.3) is 10.9 Å². The number of carbonyl (C=O) groups is 1. The van der Waals surface area contributed by atoms with Crippen LogP contribution in [0.4, 0.5) is 4.79 Å². The molecule has 3 aromatic rings. The van der Waals surface area contributed by atoms with Gasteiger partial charge in [0.05, 0.1) is 5.52 Å². The normalized spacial score (nSPS) is 16.4. The predicted octanol–water partition coefficient (Wildman–Crippen LogP) is 4.67. The summed E-state index contributed by atoms with van der Waals surface area (Å²) in [7, 11) is 0. The molecule has 1 aromatic heterocycles. The van der Waals surface area contributed by atoms with E-state index < -0.39 is 5.60 Å². The molecule has 0 spiro atoms. The number of benzene rings is 2. The van der Waals surface area contributed by atoms with E-state index in [1.165, 1.54) is 0 Å². The van der Waals surface area contributed by atoms with Gasteiger partial charge >= 0.3 is 6.09 Å². The molecule has 0 unspecified atom stereocenters. The first kappa shape index (κ1) is 26.1. The van der Waals surface area contributed by atoms with Gasteiger partial charge in [0.25, 0.3) is 5.56 Å². The Labute approximate surface area is 223 Å². The van der Waals surface area contributed by atoms with Crippen molar-refractivity contribution in [3.05, 3.63) is 70.5 Å².